The maximum atomic E-state index is 12.3. The lowest BCUT2D eigenvalue weighted by molar-refractivity contribution is -0.115. The molecule has 4 nitrogen and oxygen atoms in total. The SMILES string of the molecule is Cc1ccccc1CC(=O)Nc1nc(CN2C[C@@H](C)C[C@H](C)C2)cs1. The third kappa shape index (κ3) is 5.13. The van der Waals surface area contributed by atoms with E-state index in [-0.39, 0.29) is 5.91 Å². The Bertz CT molecular complexity index is 717. The summed E-state index contributed by atoms with van der Waals surface area (Å²) in [4.78, 5) is 19.3. The van der Waals surface area contributed by atoms with Crippen LogP contribution in [0.25, 0.3) is 0 Å². The van der Waals surface area contributed by atoms with Crippen LogP contribution in [0.2, 0.25) is 0 Å². The lowest BCUT2D eigenvalue weighted by atomic mass is 9.92. The summed E-state index contributed by atoms with van der Waals surface area (Å²) in [5, 5.41) is 5.71. The Hall–Kier alpha value is -1.72. The number of rotatable bonds is 5. The van der Waals surface area contributed by atoms with Crippen molar-refractivity contribution in [2.24, 2.45) is 11.8 Å². The van der Waals surface area contributed by atoms with Crippen LogP contribution >= 0.6 is 11.3 Å². The molecule has 1 amide bonds. The van der Waals surface area contributed by atoms with Gasteiger partial charge in [-0.3, -0.25) is 9.69 Å². The fourth-order valence-corrected chi connectivity index (χ4v) is 4.45. The molecule has 1 aliphatic rings. The molecule has 0 unspecified atom stereocenters. The number of carbonyl (C=O) groups excluding carboxylic acids is 1. The van der Waals surface area contributed by atoms with E-state index in [2.05, 4.69) is 34.4 Å². The van der Waals surface area contributed by atoms with Crippen molar-refractivity contribution in [2.45, 2.75) is 40.2 Å². The van der Waals surface area contributed by atoms with Crippen LogP contribution in [0.4, 0.5) is 5.13 Å². The molecule has 2 heterocycles. The summed E-state index contributed by atoms with van der Waals surface area (Å²) in [7, 11) is 0. The summed E-state index contributed by atoms with van der Waals surface area (Å²) in [6, 6.07) is 8.00. The zero-order chi connectivity index (χ0) is 17.8. The van der Waals surface area contributed by atoms with Crippen molar-refractivity contribution in [1.82, 2.24) is 9.88 Å². The Kier molecular flexibility index (Phi) is 5.86. The second-order valence-electron chi connectivity index (χ2n) is 7.44. The third-order valence-corrected chi connectivity index (χ3v) is 5.55. The maximum absolute atomic E-state index is 12.3. The molecule has 0 spiro atoms. The van der Waals surface area contributed by atoms with Crippen molar-refractivity contribution in [3.8, 4) is 0 Å². The molecule has 1 fully saturated rings. The molecule has 2 atom stereocenters. The minimum atomic E-state index is -0.00424. The number of piperidine rings is 1. The standard InChI is InChI=1S/C20H27N3OS/c1-14-8-15(2)11-23(10-14)12-18-13-25-20(21-18)22-19(24)9-17-7-5-4-6-16(17)3/h4-7,13-15H,8-12H2,1-3H3,(H,21,22,24)/t14-,15-/m0/s1. The zero-order valence-electron chi connectivity index (χ0n) is 15.3. The molecule has 134 valence electrons. The van der Waals surface area contributed by atoms with Crippen LogP contribution < -0.4 is 5.32 Å². The molecule has 1 N–H and O–H groups in total. The second-order valence-corrected chi connectivity index (χ2v) is 8.29. The van der Waals surface area contributed by atoms with Crippen LogP contribution in [-0.2, 0) is 17.8 Å². The molecule has 1 aromatic carbocycles. The molecule has 25 heavy (non-hydrogen) atoms. The van der Waals surface area contributed by atoms with Gasteiger partial charge in [0.15, 0.2) is 5.13 Å². The van der Waals surface area contributed by atoms with Gasteiger partial charge in [0, 0.05) is 25.0 Å². The molecule has 5 heteroatoms. The number of anilines is 1. The van der Waals surface area contributed by atoms with Gasteiger partial charge in [-0.1, -0.05) is 38.1 Å². The highest BCUT2D eigenvalue weighted by atomic mass is 32.1. The maximum Gasteiger partial charge on any atom is 0.230 e. The number of aryl methyl sites for hydroxylation is 1. The minimum Gasteiger partial charge on any atom is -0.302 e. The molecular formula is C20H27N3OS. The fraction of sp³-hybridized carbons (Fsp3) is 0.500. The molecule has 0 aliphatic carbocycles. The van der Waals surface area contributed by atoms with Crippen LogP contribution in [0.1, 0.15) is 37.1 Å². The first kappa shape index (κ1) is 18.1. The normalized spacial score (nSPS) is 21.2. The first-order chi connectivity index (χ1) is 12.0. The highest BCUT2D eigenvalue weighted by Gasteiger charge is 2.22. The van der Waals surface area contributed by atoms with Gasteiger partial charge in [0.2, 0.25) is 5.91 Å². The number of amides is 1. The highest BCUT2D eigenvalue weighted by molar-refractivity contribution is 7.13. The molecule has 1 saturated heterocycles. The molecule has 0 bridgehead atoms. The number of hydrogen-bond acceptors (Lipinski definition) is 4. The van der Waals surface area contributed by atoms with E-state index in [4.69, 9.17) is 0 Å². The molecule has 3 rings (SSSR count). The quantitative estimate of drug-likeness (QED) is 0.876. The average molecular weight is 358 g/mol. The first-order valence-corrected chi connectivity index (χ1v) is 9.88. The Morgan fingerprint density at radius 1 is 1.28 bits per heavy atom. The predicted molar refractivity (Wildman–Crippen MR) is 104 cm³/mol. The summed E-state index contributed by atoms with van der Waals surface area (Å²) in [6.45, 7) is 9.82. The van der Waals surface area contributed by atoms with E-state index in [0.717, 1.165) is 48.3 Å². The van der Waals surface area contributed by atoms with Crippen molar-refractivity contribution in [1.29, 1.82) is 0 Å². The van der Waals surface area contributed by atoms with Crippen molar-refractivity contribution >= 4 is 22.4 Å². The second kappa shape index (κ2) is 8.11. The van der Waals surface area contributed by atoms with E-state index in [0.29, 0.717) is 11.6 Å². The smallest absolute Gasteiger partial charge is 0.230 e. The van der Waals surface area contributed by atoms with Gasteiger partial charge in [-0.25, -0.2) is 4.98 Å². The zero-order valence-corrected chi connectivity index (χ0v) is 16.1. The lowest BCUT2D eigenvalue weighted by Crippen LogP contribution is -2.38. The van der Waals surface area contributed by atoms with Crippen molar-refractivity contribution in [3.63, 3.8) is 0 Å². The van der Waals surface area contributed by atoms with Crippen LogP contribution in [0.5, 0.6) is 0 Å². The lowest BCUT2D eigenvalue weighted by Gasteiger charge is -2.34. The van der Waals surface area contributed by atoms with Gasteiger partial charge in [0.25, 0.3) is 0 Å². The van der Waals surface area contributed by atoms with Crippen LogP contribution in [0.3, 0.4) is 0 Å². The first-order valence-electron chi connectivity index (χ1n) is 9.00. The molecule has 2 aromatic rings. The van der Waals surface area contributed by atoms with Crippen molar-refractivity contribution < 1.29 is 4.79 Å². The van der Waals surface area contributed by atoms with Crippen LogP contribution in [-0.4, -0.2) is 28.9 Å². The predicted octanol–water partition coefficient (Wildman–Crippen LogP) is 4.11. The van der Waals surface area contributed by atoms with Gasteiger partial charge in [-0.2, -0.15) is 0 Å². The fourth-order valence-electron chi connectivity index (χ4n) is 3.73. The van der Waals surface area contributed by atoms with Crippen LogP contribution in [0.15, 0.2) is 29.6 Å². The van der Waals surface area contributed by atoms with Gasteiger partial charge >= 0.3 is 0 Å². The number of thiazole rings is 1. The van der Waals surface area contributed by atoms with E-state index >= 15 is 0 Å². The third-order valence-electron chi connectivity index (χ3n) is 4.74. The highest BCUT2D eigenvalue weighted by Crippen LogP contribution is 2.24. The topological polar surface area (TPSA) is 45.2 Å². The monoisotopic (exact) mass is 357 g/mol. The molecule has 1 aromatic heterocycles. The number of hydrogen-bond donors (Lipinski definition) is 1. The van der Waals surface area contributed by atoms with Gasteiger partial charge in [0.05, 0.1) is 12.1 Å². The number of benzene rings is 1. The molecular weight excluding hydrogens is 330 g/mol. The Morgan fingerprint density at radius 3 is 2.72 bits per heavy atom. The number of aromatic nitrogens is 1. The van der Waals surface area contributed by atoms with E-state index in [1.54, 1.807) is 0 Å². The van der Waals surface area contributed by atoms with Gasteiger partial charge in [0.1, 0.15) is 0 Å². The number of carbonyl (C=O) groups is 1. The van der Waals surface area contributed by atoms with Crippen molar-refractivity contribution in [2.75, 3.05) is 18.4 Å². The summed E-state index contributed by atoms with van der Waals surface area (Å²) in [5.41, 5.74) is 3.26. The van der Waals surface area contributed by atoms with Gasteiger partial charge in [-0.15, -0.1) is 11.3 Å². The summed E-state index contributed by atoms with van der Waals surface area (Å²) in [5.74, 6) is 1.49. The Labute approximate surface area is 154 Å². The Morgan fingerprint density at radius 2 is 2.00 bits per heavy atom. The summed E-state index contributed by atoms with van der Waals surface area (Å²) >= 11 is 1.51. The van der Waals surface area contributed by atoms with E-state index < -0.39 is 0 Å². The van der Waals surface area contributed by atoms with E-state index in [1.165, 1.54) is 17.8 Å². The summed E-state index contributed by atoms with van der Waals surface area (Å²) < 4.78 is 0. The van der Waals surface area contributed by atoms with Crippen LogP contribution in [0, 0.1) is 18.8 Å². The van der Waals surface area contributed by atoms with Crippen molar-refractivity contribution in [3.05, 3.63) is 46.5 Å². The van der Waals surface area contributed by atoms with E-state index in [9.17, 15) is 4.79 Å². The average Bonchev–Trinajstić information content (AvgIpc) is 2.95. The molecule has 0 radical (unpaired) electrons. The largest absolute Gasteiger partial charge is 0.302 e. The molecule has 0 saturated carbocycles. The van der Waals surface area contributed by atoms with Gasteiger partial charge in [-0.05, 0) is 36.3 Å². The number of nitrogens with zero attached hydrogens (tertiary/aromatic N) is 2. The van der Waals surface area contributed by atoms with E-state index in [1.807, 2.05) is 31.2 Å². The minimum absolute atomic E-state index is 0.00424. The Balaban J connectivity index is 1.54. The number of nitrogens with one attached hydrogen (secondary N) is 1. The number of likely N-dealkylation sites (tertiary alicyclic amines) is 1. The summed E-state index contributed by atoms with van der Waals surface area (Å²) in [6.07, 6.45) is 1.70. The van der Waals surface area contributed by atoms with Gasteiger partial charge < -0.3 is 5.32 Å². The molecule has 1 aliphatic heterocycles.